The molecule has 0 unspecified atom stereocenters. The van der Waals surface area contributed by atoms with Gasteiger partial charge in [-0.05, 0) is 32.2 Å². The molecule has 1 aliphatic carbocycles. The van der Waals surface area contributed by atoms with E-state index in [9.17, 15) is 9.59 Å². The van der Waals surface area contributed by atoms with Crippen LogP contribution in [0.15, 0.2) is 0 Å². The Hall–Kier alpha value is -1.10. The van der Waals surface area contributed by atoms with E-state index in [4.69, 9.17) is 5.73 Å². The van der Waals surface area contributed by atoms with Gasteiger partial charge in [-0.25, -0.2) is 0 Å². The van der Waals surface area contributed by atoms with Crippen molar-refractivity contribution < 1.29 is 9.59 Å². The second kappa shape index (κ2) is 8.06. The summed E-state index contributed by atoms with van der Waals surface area (Å²) in [4.78, 5) is 22.7. The molecule has 0 aromatic rings. The highest BCUT2D eigenvalue weighted by Crippen LogP contribution is 2.25. The minimum atomic E-state index is 0.0424. The maximum Gasteiger partial charge on any atom is 0.223 e. The van der Waals surface area contributed by atoms with E-state index >= 15 is 0 Å². The van der Waals surface area contributed by atoms with Gasteiger partial charge in [-0.1, -0.05) is 6.42 Å². The van der Waals surface area contributed by atoms with E-state index in [2.05, 4.69) is 10.6 Å². The summed E-state index contributed by atoms with van der Waals surface area (Å²) in [7, 11) is 0. The molecule has 0 radical (unpaired) electrons. The molecule has 5 heteroatoms. The summed E-state index contributed by atoms with van der Waals surface area (Å²) in [6, 6.07) is 0. The number of nitrogens with one attached hydrogen (secondary N) is 2. The van der Waals surface area contributed by atoms with E-state index in [1.165, 1.54) is 6.42 Å². The van der Waals surface area contributed by atoms with Crippen molar-refractivity contribution in [3.63, 3.8) is 0 Å². The fourth-order valence-electron chi connectivity index (χ4n) is 1.69. The molecule has 1 rings (SSSR count). The van der Waals surface area contributed by atoms with Crippen LogP contribution in [0.25, 0.3) is 0 Å². The first-order valence-electron chi connectivity index (χ1n) is 6.48. The third-order valence-electron chi connectivity index (χ3n) is 3.06. The third kappa shape index (κ3) is 5.68. The minimum absolute atomic E-state index is 0.0424. The van der Waals surface area contributed by atoms with Gasteiger partial charge in [0.1, 0.15) is 0 Å². The Labute approximate surface area is 103 Å². The molecule has 0 heterocycles. The Morgan fingerprint density at radius 2 is 1.82 bits per heavy atom. The lowest BCUT2D eigenvalue weighted by Crippen LogP contribution is -2.36. The summed E-state index contributed by atoms with van der Waals surface area (Å²) >= 11 is 0. The average molecular weight is 241 g/mol. The molecule has 0 saturated heterocycles. The van der Waals surface area contributed by atoms with Gasteiger partial charge in [0.25, 0.3) is 0 Å². The van der Waals surface area contributed by atoms with Crippen molar-refractivity contribution >= 4 is 11.8 Å². The molecule has 0 bridgehead atoms. The highest BCUT2D eigenvalue weighted by atomic mass is 16.2. The second-order valence-corrected chi connectivity index (χ2v) is 4.51. The molecular formula is C12H23N3O2. The lowest BCUT2D eigenvalue weighted by atomic mass is 9.85. The highest BCUT2D eigenvalue weighted by molar-refractivity contribution is 5.79. The van der Waals surface area contributed by atoms with Gasteiger partial charge in [-0.15, -0.1) is 0 Å². The van der Waals surface area contributed by atoms with Crippen LogP contribution in [0.3, 0.4) is 0 Å². The molecule has 17 heavy (non-hydrogen) atoms. The summed E-state index contributed by atoms with van der Waals surface area (Å²) in [5.41, 5.74) is 5.31. The molecule has 1 fully saturated rings. The Bertz CT molecular complexity index is 252. The molecule has 0 aliphatic heterocycles. The number of nitrogens with two attached hydrogens (primary N) is 1. The molecule has 0 aromatic carbocycles. The predicted octanol–water partition coefficient (Wildman–Crippen LogP) is 0.148. The number of hydrogen-bond acceptors (Lipinski definition) is 3. The molecule has 0 aromatic heterocycles. The van der Waals surface area contributed by atoms with E-state index in [0.29, 0.717) is 26.1 Å². The van der Waals surface area contributed by atoms with Crippen LogP contribution in [-0.2, 0) is 9.59 Å². The number of carbonyl (C=O) groups excluding carboxylic acids is 2. The van der Waals surface area contributed by atoms with Crippen LogP contribution in [0.5, 0.6) is 0 Å². The predicted molar refractivity (Wildman–Crippen MR) is 66.3 cm³/mol. The summed E-state index contributed by atoms with van der Waals surface area (Å²) in [5, 5.41) is 5.69. The van der Waals surface area contributed by atoms with Crippen LogP contribution >= 0.6 is 0 Å². The van der Waals surface area contributed by atoms with E-state index in [-0.39, 0.29) is 17.7 Å². The third-order valence-corrected chi connectivity index (χ3v) is 3.06. The van der Waals surface area contributed by atoms with Crippen molar-refractivity contribution in [2.24, 2.45) is 11.7 Å². The zero-order valence-electron chi connectivity index (χ0n) is 10.3. The van der Waals surface area contributed by atoms with Crippen molar-refractivity contribution in [2.75, 3.05) is 19.6 Å². The van der Waals surface area contributed by atoms with Crippen molar-refractivity contribution in [3.8, 4) is 0 Å². The summed E-state index contributed by atoms with van der Waals surface area (Å²) < 4.78 is 0. The molecular weight excluding hydrogens is 218 g/mol. The second-order valence-electron chi connectivity index (χ2n) is 4.51. The molecule has 1 aliphatic rings. The Kier molecular flexibility index (Phi) is 6.62. The van der Waals surface area contributed by atoms with Gasteiger partial charge in [-0.2, -0.15) is 0 Å². The van der Waals surface area contributed by atoms with Gasteiger partial charge >= 0.3 is 0 Å². The standard InChI is InChI=1S/C12H23N3O2/c13-7-2-6-11(16)14-8-3-9-15-12(17)10-4-1-5-10/h10H,1-9,13H2,(H,14,16)(H,15,17). The zero-order valence-corrected chi connectivity index (χ0v) is 10.3. The van der Waals surface area contributed by atoms with Crippen LogP contribution in [0.2, 0.25) is 0 Å². The van der Waals surface area contributed by atoms with Crippen molar-refractivity contribution in [2.45, 2.75) is 38.5 Å². The van der Waals surface area contributed by atoms with Crippen molar-refractivity contribution in [1.82, 2.24) is 10.6 Å². The minimum Gasteiger partial charge on any atom is -0.356 e. The van der Waals surface area contributed by atoms with Crippen molar-refractivity contribution in [1.29, 1.82) is 0 Å². The zero-order chi connectivity index (χ0) is 12.5. The number of carbonyl (C=O) groups is 2. The Balaban J connectivity index is 1.89. The Morgan fingerprint density at radius 1 is 1.12 bits per heavy atom. The van der Waals surface area contributed by atoms with Gasteiger partial charge < -0.3 is 16.4 Å². The highest BCUT2D eigenvalue weighted by Gasteiger charge is 2.24. The molecule has 2 amide bonds. The van der Waals surface area contributed by atoms with Gasteiger partial charge in [-0.3, -0.25) is 9.59 Å². The van der Waals surface area contributed by atoms with Crippen LogP contribution in [0.1, 0.15) is 38.5 Å². The molecule has 0 spiro atoms. The first-order valence-corrected chi connectivity index (χ1v) is 6.48. The fraction of sp³-hybridized carbons (Fsp3) is 0.833. The first kappa shape index (κ1) is 14.0. The van der Waals surface area contributed by atoms with Crippen LogP contribution < -0.4 is 16.4 Å². The number of rotatable bonds is 8. The normalized spacial score (nSPS) is 15.1. The van der Waals surface area contributed by atoms with Gasteiger partial charge in [0, 0.05) is 25.4 Å². The summed E-state index contributed by atoms with van der Waals surface area (Å²) in [6.45, 7) is 1.81. The van der Waals surface area contributed by atoms with Crippen molar-refractivity contribution in [3.05, 3.63) is 0 Å². The lowest BCUT2D eigenvalue weighted by Gasteiger charge is -2.23. The maximum absolute atomic E-state index is 11.5. The van der Waals surface area contributed by atoms with Crippen LogP contribution in [0, 0.1) is 5.92 Å². The quantitative estimate of drug-likeness (QED) is 0.529. The topological polar surface area (TPSA) is 84.2 Å². The van der Waals surface area contributed by atoms with E-state index in [1.807, 2.05) is 0 Å². The van der Waals surface area contributed by atoms with Crippen LogP contribution in [-0.4, -0.2) is 31.4 Å². The van der Waals surface area contributed by atoms with Gasteiger partial charge in [0.2, 0.25) is 11.8 Å². The molecule has 1 saturated carbocycles. The molecule has 5 nitrogen and oxygen atoms in total. The molecule has 4 N–H and O–H groups in total. The smallest absolute Gasteiger partial charge is 0.223 e. The fourth-order valence-corrected chi connectivity index (χ4v) is 1.69. The first-order chi connectivity index (χ1) is 8.24. The largest absolute Gasteiger partial charge is 0.356 e. The maximum atomic E-state index is 11.5. The number of amides is 2. The monoisotopic (exact) mass is 241 g/mol. The Morgan fingerprint density at radius 3 is 2.41 bits per heavy atom. The summed E-state index contributed by atoms with van der Waals surface area (Å²) in [5.74, 6) is 0.459. The molecule has 0 atom stereocenters. The van der Waals surface area contributed by atoms with Crippen LogP contribution in [0.4, 0.5) is 0 Å². The van der Waals surface area contributed by atoms with E-state index in [0.717, 1.165) is 25.7 Å². The van der Waals surface area contributed by atoms with Gasteiger partial charge in [0.15, 0.2) is 0 Å². The van der Waals surface area contributed by atoms with E-state index < -0.39 is 0 Å². The SMILES string of the molecule is NCCCC(=O)NCCCNC(=O)C1CCC1. The van der Waals surface area contributed by atoms with E-state index in [1.54, 1.807) is 0 Å². The van der Waals surface area contributed by atoms with Gasteiger partial charge in [0.05, 0.1) is 0 Å². The lowest BCUT2D eigenvalue weighted by molar-refractivity contribution is -0.127. The number of hydrogen-bond donors (Lipinski definition) is 3. The summed E-state index contributed by atoms with van der Waals surface area (Å²) in [6.07, 6.45) is 5.24. The average Bonchev–Trinajstić information content (AvgIpc) is 2.23. The molecule has 98 valence electrons.